The van der Waals surface area contributed by atoms with E-state index in [9.17, 15) is 0 Å². The van der Waals surface area contributed by atoms with Crippen molar-refractivity contribution in [2.75, 3.05) is 45.9 Å². The molecular formula is C14H29N3O. The van der Waals surface area contributed by atoms with E-state index < -0.39 is 0 Å². The van der Waals surface area contributed by atoms with Gasteiger partial charge < -0.3 is 15.4 Å². The average molecular weight is 255 g/mol. The maximum Gasteiger partial charge on any atom is 0.0593 e. The highest BCUT2D eigenvalue weighted by Gasteiger charge is 2.39. The number of nitrogens with zero attached hydrogens (tertiary/aromatic N) is 2. The topological polar surface area (TPSA) is 41.7 Å². The van der Waals surface area contributed by atoms with Crippen LogP contribution in [0.2, 0.25) is 0 Å². The fourth-order valence-corrected chi connectivity index (χ4v) is 3.33. The van der Waals surface area contributed by atoms with E-state index in [-0.39, 0.29) is 5.54 Å². The van der Waals surface area contributed by atoms with Crippen molar-refractivity contribution in [1.82, 2.24) is 9.80 Å². The van der Waals surface area contributed by atoms with Gasteiger partial charge in [0.2, 0.25) is 0 Å². The first kappa shape index (κ1) is 14.3. The molecule has 2 heterocycles. The molecule has 0 unspecified atom stereocenters. The predicted molar refractivity (Wildman–Crippen MR) is 74.7 cm³/mol. The van der Waals surface area contributed by atoms with E-state index >= 15 is 0 Å². The average Bonchev–Trinajstić information content (AvgIpc) is 2.68. The van der Waals surface area contributed by atoms with E-state index in [1.54, 1.807) is 0 Å². The molecule has 0 spiro atoms. The van der Waals surface area contributed by atoms with E-state index in [4.69, 9.17) is 10.5 Å². The zero-order valence-electron chi connectivity index (χ0n) is 12.0. The molecule has 0 bridgehead atoms. The molecule has 0 aromatic heterocycles. The highest BCUT2D eigenvalue weighted by molar-refractivity contribution is 4.97. The lowest BCUT2D eigenvalue weighted by atomic mass is 9.85. The SMILES string of the molecule is CC(C)N1CCC(CN)(N2CCCOCC2)CC1. The van der Waals surface area contributed by atoms with Crippen LogP contribution in [-0.2, 0) is 4.74 Å². The van der Waals surface area contributed by atoms with Crippen molar-refractivity contribution in [2.45, 2.75) is 44.7 Å². The predicted octanol–water partition coefficient (Wildman–Crippen LogP) is 0.910. The molecule has 2 aliphatic heterocycles. The van der Waals surface area contributed by atoms with E-state index in [2.05, 4.69) is 23.6 Å². The maximum atomic E-state index is 6.14. The van der Waals surface area contributed by atoms with Gasteiger partial charge in [0, 0.05) is 50.9 Å². The first-order valence-corrected chi connectivity index (χ1v) is 7.45. The van der Waals surface area contributed by atoms with Crippen LogP contribution in [0, 0.1) is 0 Å². The van der Waals surface area contributed by atoms with Crippen LogP contribution in [0.15, 0.2) is 0 Å². The van der Waals surface area contributed by atoms with Crippen LogP contribution in [0.4, 0.5) is 0 Å². The van der Waals surface area contributed by atoms with Crippen LogP contribution in [0.5, 0.6) is 0 Å². The minimum Gasteiger partial charge on any atom is -0.380 e. The molecule has 0 aromatic carbocycles. The molecule has 0 amide bonds. The molecule has 0 radical (unpaired) electrons. The first-order valence-electron chi connectivity index (χ1n) is 7.45. The molecule has 0 aromatic rings. The van der Waals surface area contributed by atoms with Crippen LogP contribution < -0.4 is 5.73 Å². The van der Waals surface area contributed by atoms with Gasteiger partial charge in [-0.05, 0) is 33.1 Å². The lowest BCUT2D eigenvalue weighted by molar-refractivity contribution is 0.0161. The van der Waals surface area contributed by atoms with Crippen LogP contribution in [0.1, 0.15) is 33.1 Å². The second kappa shape index (κ2) is 6.33. The van der Waals surface area contributed by atoms with Gasteiger partial charge >= 0.3 is 0 Å². The van der Waals surface area contributed by atoms with Gasteiger partial charge in [-0.2, -0.15) is 0 Å². The summed E-state index contributed by atoms with van der Waals surface area (Å²) in [6, 6.07) is 0.660. The Kier molecular flexibility index (Phi) is 5.01. The number of rotatable bonds is 3. The normalized spacial score (nSPS) is 27.3. The Labute approximate surface area is 111 Å². The fourth-order valence-electron chi connectivity index (χ4n) is 3.33. The Morgan fingerprint density at radius 1 is 1.11 bits per heavy atom. The molecule has 4 heteroatoms. The van der Waals surface area contributed by atoms with Gasteiger partial charge in [0.15, 0.2) is 0 Å². The molecule has 2 saturated heterocycles. The van der Waals surface area contributed by atoms with E-state index in [0.29, 0.717) is 6.04 Å². The minimum absolute atomic E-state index is 0.235. The zero-order valence-corrected chi connectivity index (χ0v) is 12.0. The van der Waals surface area contributed by atoms with Gasteiger partial charge in [-0.3, -0.25) is 4.90 Å². The lowest BCUT2D eigenvalue weighted by Crippen LogP contribution is -2.60. The highest BCUT2D eigenvalue weighted by Crippen LogP contribution is 2.29. The Morgan fingerprint density at radius 3 is 2.44 bits per heavy atom. The summed E-state index contributed by atoms with van der Waals surface area (Å²) in [6.07, 6.45) is 3.57. The van der Waals surface area contributed by atoms with Crippen LogP contribution in [-0.4, -0.2) is 67.3 Å². The van der Waals surface area contributed by atoms with Crippen LogP contribution in [0.25, 0.3) is 0 Å². The Morgan fingerprint density at radius 2 is 1.83 bits per heavy atom. The molecule has 0 atom stereocenters. The standard InChI is InChI=1S/C14H29N3O/c1-13(2)16-7-4-14(12-15,5-8-16)17-6-3-10-18-11-9-17/h13H,3-12,15H2,1-2H3. The summed E-state index contributed by atoms with van der Waals surface area (Å²) in [5.41, 5.74) is 6.38. The third kappa shape index (κ3) is 3.05. The molecule has 106 valence electrons. The quantitative estimate of drug-likeness (QED) is 0.814. The smallest absolute Gasteiger partial charge is 0.0593 e. The summed E-state index contributed by atoms with van der Waals surface area (Å²) in [7, 11) is 0. The van der Waals surface area contributed by atoms with Crippen molar-refractivity contribution in [3.05, 3.63) is 0 Å². The monoisotopic (exact) mass is 255 g/mol. The molecule has 2 fully saturated rings. The first-order chi connectivity index (χ1) is 8.68. The van der Waals surface area contributed by atoms with Crippen molar-refractivity contribution in [1.29, 1.82) is 0 Å². The number of nitrogens with two attached hydrogens (primary N) is 1. The molecule has 0 saturated carbocycles. The molecule has 0 aliphatic carbocycles. The Balaban J connectivity index is 1.98. The minimum atomic E-state index is 0.235. The van der Waals surface area contributed by atoms with Gasteiger partial charge in [-0.15, -0.1) is 0 Å². The summed E-state index contributed by atoms with van der Waals surface area (Å²) in [4.78, 5) is 5.18. The van der Waals surface area contributed by atoms with Gasteiger partial charge in [-0.25, -0.2) is 0 Å². The second-order valence-electron chi connectivity index (χ2n) is 6.01. The van der Waals surface area contributed by atoms with Gasteiger partial charge in [0.25, 0.3) is 0 Å². The third-order valence-electron chi connectivity index (χ3n) is 4.73. The second-order valence-corrected chi connectivity index (χ2v) is 6.01. The highest BCUT2D eigenvalue weighted by atomic mass is 16.5. The number of ether oxygens (including phenoxy) is 1. The van der Waals surface area contributed by atoms with Gasteiger partial charge in [-0.1, -0.05) is 0 Å². The molecular weight excluding hydrogens is 226 g/mol. The molecule has 2 N–H and O–H groups in total. The summed E-state index contributed by atoms with van der Waals surface area (Å²) in [5, 5.41) is 0. The van der Waals surface area contributed by atoms with Crippen LogP contribution in [0.3, 0.4) is 0 Å². The number of hydrogen-bond acceptors (Lipinski definition) is 4. The summed E-state index contributed by atoms with van der Waals surface area (Å²) < 4.78 is 5.57. The third-order valence-corrected chi connectivity index (χ3v) is 4.73. The van der Waals surface area contributed by atoms with Crippen LogP contribution >= 0.6 is 0 Å². The van der Waals surface area contributed by atoms with Crippen molar-refractivity contribution in [3.63, 3.8) is 0 Å². The molecule has 4 nitrogen and oxygen atoms in total. The van der Waals surface area contributed by atoms with E-state index in [1.165, 1.54) is 25.9 Å². The number of likely N-dealkylation sites (tertiary alicyclic amines) is 1. The molecule has 2 aliphatic rings. The van der Waals surface area contributed by atoms with Crippen molar-refractivity contribution >= 4 is 0 Å². The maximum absolute atomic E-state index is 6.14. The van der Waals surface area contributed by atoms with Crippen molar-refractivity contribution in [2.24, 2.45) is 5.73 Å². The summed E-state index contributed by atoms with van der Waals surface area (Å²) in [5.74, 6) is 0. The summed E-state index contributed by atoms with van der Waals surface area (Å²) >= 11 is 0. The Bertz CT molecular complexity index is 241. The van der Waals surface area contributed by atoms with Crippen molar-refractivity contribution in [3.8, 4) is 0 Å². The van der Waals surface area contributed by atoms with E-state index in [1.807, 2.05) is 0 Å². The Hall–Kier alpha value is -0.160. The van der Waals surface area contributed by atoms with Gasteiger partial charge in [0.1, 0.15) is 0 Å². The lowest BCUT2D eigenvalue weighted by Gasteiger charge is -2.49. The fraction of sp³-hybridized carbons (Fsp3) is 1.00. The number of piperidine rings is 1. The zero-order chi connectivity index (χ0) is 13.0. The van der Waals surface area contributed by atoms with E-state index in [0.717, 1.165) is 39.3 Å². The molecule has 2 rings (SSSR count). The van der Waals surface area contributed by atoms with Crippen molar-refractivity contribution < 1.29 is 4.74 Å². The largest absolute Gasteiger partial charge is 0.380 e. The number of hydrogen-bond donors (Lipinski definition) is 1. The van der Waals surface area contributed by atoms with Gasteiger partial charge in [0.05, 0.1) is 6.61 Å². The summed E-state index contributed by atoms with van der Waals surface area (Å²) in [6.45, 7) is 11.7. The molecule has 18 heavy (non-hydrogen) atoms.